The summed E-state index contributed by atoms with van der Waals surface area (Å²) in [6, 6.07) is 14.7. The maximum atomic E-state index is 6.18. The van der Waals surface area contributed by atoms with Gasteiger partial charge in [-0.3, -0.25) is 0 Å². The lowest BCUT2D eigenvalue weighted by Gasteiger charge is -2.26. The fraction of sp³-hybridized carbons (Fsp3) is 0.300. The molecule has 0 amide bonds. The Kier molecular flexibility index (Phi) is 4.55. The molecule has 1 saturated carbocycles. The average Bonchev–Trinajstić information content (AvgIpc) is 3.07. The van der Waals surface area contributed by atoms with Crippen molar-refractivity contribution < 1.29 is 4.52 Å². The van der Waals surface area contributed by atoms with Crippen LogP contribution in [0.5, 0.6) is 0 Å². The van der Waals surface area contributed by atoms with Gasteiger partial charge in [-0.2, -0.15) is 4.98 Å². The summed E-state index contributed by atoms with van der Waals surface area (Å²) in [7, 11) is 0. The number of nitrogens with zero attached hydrogens (tertiary/aromatic N) is 2. The van der Waals surface area contributed by atoms with Crippen LogP contribution in [0.15, 0.2) is 47.0 Å². The molecular weight excluding hydrogens is 334 g/mol. The Bertz CT molecular complexity index is 869. The van der Waals surface area contributed by atoms with Gasteiger partial charge in [-0.1, -0.05) is 53.5 Å². The molecule has 0 bridgehead atoms. The lowest BCUT2D eigenvalue weighted by Crippen LogP contribution is -2.34. The van der Waals surface area contributed by atoms with Crippen molar-refractivity contribution in [2.75, 3.05) is 0 Å². The van der Waals surface area contributed by atoms with Crippen LogP contribution in [0.4, 0.5) is 0 Å². The normalized spacial score (nSPS) is 14.5. The monoisotopic (exact) mass is 353 g/mol. The van der Waals surface area contributed by atoms with Crippen molar-refractivity contribution in [3.8, 4) is 22.8 Å². The summed E-state index contributed by atoms with van der Waals surface area (Å²) in [5, 5.41) is 8.36. The summed E-state index contributed by atoms with van der Waals surface area (Å²) in [5.41, 5.74) is 4.07. The molecule has 0 saturated heterocycles. The standard InChI is InChI=1S/C20H20ClN3O/c1-13-5-8-16(11-18(13)21)20-23-19(24-25-20)15-9-6-14(7-10-15)12-22-17-3-2-4-17/h5-11,17,22H,2-4,12H2,1H3. The fourth-order valence-corrected chi connectivity index (χ4v) is 3.01. The van der Waals surface area contributed by atoms with Crippen LogP contribution in [0.2, 0.25) is 5.02 Å². The number of halogens is 1. The molecule has 1 heterocycles. The molecule has 1 aliphatic carbocycles. The minimum Gasteiger partial charge on any atom is -0.334 e. The van der Waals surface area contributed by atoms with E-state index in [-0.39, 0.29) is 0 Å². The SMILES string of the molecule is Cc1ccc(-c2nc(-c3ccc(CNC4CCC4)cc3)no2)cc1Cl. The zero-order valence-electron chi connectivity index (χ0n) is 14.1. The van der Waals surface area contributed by atoms with E-state index in [0.29, 0.717) is 22.8 Å². The van der Waals surface area contributed by atoms with Gasteiger partial charge in [0.15, 0.2) is 0 Å². The first-order valence-corrected chi connectivity index (χ1v) is 9.00. The molecule has 3 aromatic rings. The van der Waals surface area contributed by atoms with Crippen molar-refractivity contribution in [3.63, 3.8) is 0 Å². The Morgan fingerprint density at radius 2 is 1.88 bits per heavy atom. The molecule has 1 N–H and O–H groups in total. The van der Waals surface area contributed by atoms with E-state index < -0.39 is 0 Å². The van der Waals surface area contributed by atoms with Gasteiger partial charge in [0.25, 0.3) is 5.89 Å². The second kappa shape index (κ2) is 6.98. The number of aromatic nitrogens is 2. The molecule has 4 nitrogen and oxygen atoms in total. The largest absolute Gasteiger partial charge is 0.334 e. The van der Waals surface area contributed by atoms with Crippen LogP contribution in [0.3, 0.4) is 0 Å². The highest BCUT2D eigenvalue weighted by atomic mass is 35.5. The third-order valence-corrected chi connectivity index (χ3v) is 5.16. The van der Waals surface area contributed by atoms with Gasteiger partial charge < -0.3 is 9.84 Å². The van der Waals surface area contributed by atoms with Gasteiger partial charge in [0.2, 0.25) is 5.82 Å². The van der Waals surface area contributed by atoms with Crippen molar-refractivity contribution in [1.82, 2.24) is 15.5 Å². The second-order valence-electron chi connectivity index (χ2n) is 6.59. The Morgan fingerprint density at radius 1 is 1.12 bits per heavy atom. The summed E-state index contributed by atoms with van der Waals surface area (Å²) in [5.74, 6) is 1.07. The molecule has 0 aliphatic heterocycles. The van der Waals surface area contributed by atoms with E-state index in [1.807, 2.05) is 37.3 Å². The number of hydrogen-bond donors (Lipinski definition) is 1. The maximum Gasteiger partial charge on any atom is 0.258 e. The Balaban J connectivity index is 1.48. The van der Waals surface area contributed by atoms with Gasteiger partial charge in [-0.25, -0.2) is 0 Å². The average molecular weight is 354 g/mol. The van der Waals surface area contributed by atoms with Crippen LogP contribution >= 0.6 is 11.6 Å². The number of rotatable bonds is 5. The Labute approximate surface area is 152 Å². The molecule has 1 aromatic heterocycles. The van der Waals surface area contributed by atoms with Crippen LogP contribution in [0.1, 0.15) is 30.4 Å². The molecule has 0 atom stereocenters. The van der Waals surface area contributed by atoms with Crippen LogP contribution < -0.4 is 5.32 Å². The number of hydrogen-bond acceptors (Lipinski definition) is 4. The summed E-state index contributed by atoms with van der Waals surface area (Å²) >= 11 is 6.18. The highest BCUT2D eigenvalue weighted by molar-refractivity contribution is 6.31. The predicted molar refractivity (Wildman–Crippen MR) is 99.4 cm³/mol. The van der Waals surface area contributed by atoms with E-state index in [2.05, 4.69) is 27.6 Å². The first-order valence-electron chi connectivity index (χ1n) is 8.62. The van der Waals surface area contributed by atoms with Gasteiger partial charge >= 0.3 is 0 Å². The van der Waals surface area contributed by atoms with Gasteiger partial charge in [-0.05, 0) is 43.0 Å². The van der Waals surface area contributed by atoms with E-state index in [9.17, 15) is 0 Å². The van der Waals surface area contributed by atoms with Crippen LogP contribution in [-0.2, 0) is 6.54 Å². The van der Waals surface area contributed by atoms with E-state index in [1.54, 1.807) is 0 Å². The molecule has 4 rings (SSSR count). The summed E-state index contributed by atoms with van der Waals surface area (Å²) < 4.78 is 5.40. The van der Waals surface area contributed by atoms with Gasteiger partial charge in [-0.15, -0.1) is 0 Å². The minimum absolute atomic E-state index is 0.479. The van der Waals surface area contributed by atoms with Crippen LogP contribution in [-0.4, -0.2) is 16.2 Å². The molecule has 128 valence electrons. The van der Waals surface area contributed by atoms with Gasteiger partial charge in [0, 0.05) is 28.7 Å². The van der Waals surface area contributed by atoms with Crippen LogP contribution in [0, 0.1) is 6.92 Å². The predicted octanol–water partition coefficient (Wildman–Crippen LogP) is 5.01. The molecule has 5 heteroatoms. The Hall–Kier alpha value is -2.17. The highest BCUT2D eigenvalue weighted by Gasteiger charge is 2.16. The number of aryl methyl sites for hydroxylation is 1. The van der Waals surface area contributed by atoms with Crippen molar-refractivity contribution in [1.29, 1.82) is 0 Å². The third-order valence-electron chi connectivity index (χ3n) is 4.76. The fourth-order valence-electron chi connectivity index (χ4n) is 2.83. The molecule has 25 heavy (non-hydrogen) atoms. The first-order chi connectivity index (χ1) is 12.2. The summed E-state index contributed by atoms with van der Waals surface area (Å²) in [6.45, 7) is 2.87. The number of benzene rings is 2. The Morgan fingerprint density at radius 3 is 2.56 bits per heavy atom. The van der Waals surface area contributed by atoms with Gasteiger partial charge in [0.1, 0.15) is 0 Å². The summed E-state index contributed by atoms with van der Waals surface area (Å²) in [6.07, 6.45) is 3.95. The molecule has 0 radical (unpaired) electrons. The zero-order valence-corrected chi connectivity index (χ0v) is 14.9. The lowest BCUT2D eigenvalue weighted by molar-refractivity contribution is 0.338. The topological polar surface area (TPSA) is 51.0 Å². The second-order valence-corrected chi connectivity index (χ2v) is 7.00. The van der Waals surface area contributed by atoms with Crippen LogP contribution in [0.25, 0.3) is 22.8 Å². The first kappa shape index (κ1) is 16.3. The van der Waals surface area contributed by atoms with Crippen molar-refractivity contribution in [3.05, 3.63) is 58.6 Å². The van der Waals surface area contributed by atoms with E-state index >= 15 is 0 Å². The van der Waals surface area contributed by atoms with E-state index in [1.165, 1.54) is 24.8 Å². The molecule has 1 fully saturated rings. The van der Waals surface area contributed by atoms with E-state index in [0.717, 1.165) is 23.2 Å². The third kappa shape index (κ3) is 3.60. The van der Waals surface area contributed by atoms with Crippen molar-refractivity contribution in [2.24, 2.45) is 0 Å². The number of nitrogens with one attached hydrogen (secondary N) is 1. The smallest absolute Gasteiger partial charge is 0.258 e. The molecule has 0 spiro atoms. The molecule has 0 unspecified atom stereocenters. The molecule has 1 aliphatic rings. The minimum atomic E-state index is 0.479. The zero-order chi connectivity index (χ0) is 17.2. The highest BCUT2D eigenvalue weighted by Crippen LogP contribution is 2.26. The summed E-state index contributed by atoms with van der Waals surface area (Å²) in [4.78, 5) is 4.50. The molecule has 2 aromatic carbocycles. The molecular formula is C20H20ClN3O. The van der Waals surface area contributed by atoms with Crippen molar-refractivity contribution >= 4 is 11.6 Å². The maximum absolute atomic E-state index is 6.18. The lowest BCUT2D eigenvalue weighted by atomic mass is 9.93. The van der Waals surface area contributed by atoms with Crippen molar-refractivity contribution in [2.45, 2.75) is 38.8 Å². The quantitative estimate of drug-likeness (QED) is 0.700. The van der Waals surface area contributed by atoms with Gasteiger partial charge in [0.05, 0.1) is 0 Å². The van der Waals surface area contributed by atoms with E-state index in [4.69, 9.17) is 16.1 Å².